The number of nitrogens with zero attached hydrogens (tertiary/aromatic N) is 6. The molecule has 3 heterocycles. The molecule has 43 heavy (non-hydrogen) atoms. The number of rotatable bonds is 6. The molecule has 16 heteroatoms. The van der Waals surface area contributed by atoms with Gasteiger partial charge in [-0.1, -0.05) is 29.3 Å². The van der Waals surface area contributed by atoms with Gasteiger partial charge in [-0.3, -0.25) is 4.79 Å². The first kappa shape index (κ1) is 32.0. The fourth-order valence-electron chi connectivity index (χ4n) is 4.43. The molecule has 0 saturated carbocycles. The number of piperazine rings is 1. The fraction of sp³-hybridized carbons (Fsp3) is 0.370. The minimum absolute atomic E-state index is 0.155. The number of aromatic nitrogens is 3. The van der Waals surface area contributed by atoms with Crippen LogP contribution in [0.1, 0.15) is 21.5 Å². The van der Waals surface area contributed by atoms with Crippen molar-refractivity contribution in [1.82, 2.24) is 25.2 Å². The van der Waals surface area contributed by atoms with Crippen LogP contribution in [-0.4, -0.2) is 89.8 Å². The van der Waals surface area contributed by atoms with Crippen molar-refractivity contribution < 1.29 is 27.9 Å². The summed E-state index contributed by atoms with van der Waals surface area (Å²) in [5.74, 6) is -1.08. The summed E-state index contributed by atoms with van der Waals surface area (Å²) in [5, 5.41) is 14.2. The molecule has 0 radical (unpaired) electrons. The Kier molecular flexibility index (Phi) is 10.1. The van der Waals surface area contributed by atoms with Crippen molar-refractivity contribution in [2.45, 2.75) is 19.1 Å². The molecule has 1 saturated heterocycles. The number of aliphatic carboxylic acids is 1. The molecule has 11 nitrogen and oxygen atoms in total. The molecule has 0 bridgehead atoms. The quantitative estimate of drug-likeness (QED) is 0.360. The van der Waals surface area contributed by atoms with Crippen molar-refractivity contribution in [3.8, 4) is 0 Å². The van der Waals surface area contributed by atoms with Crippen LogP contribution in [0.5, 0.6) is 0 Å². The van der Waals surface area contributed by atoms with Gasteiger partial charge in [0.25, 0.3) is 5.91 Å². The highest BCUT2D eigenvalue weighted by atomic mass is 35.5. The Morgan fingerprint density at radius 2 is 1.65 bits per heavy atom. The Hall–Kier alpha value is -3.88. The van der Waals surface area contributed by atoms with Gasteiger partial charge in [0, 0.05) is 67.6 Å². The van der Waals surface area contributed by atoms with Crippen LogP contribution in [0.25, 0.3) is 0 Å². The molecular formula is C27H29Cl2F3N8O3. The van der Waals surface area contributed by atoms with E-state index in [-0.39, 0.29) is 5.91 Å². The van der Waals surface area contributed by atoms with Gasteiger partial charge in [0.05, 0.1) is 0 Å². The summed E-state index contributed by atoms with van der Waals surface area (Å²) in [5.41, 5.74) is 3.50. The second-order valence-electron chi connectivity index (χ2n) is 9.77. The van der Waals surface area contributed by atoms with Gasteiger partial charge < -0.3 is 30.4 Å². The number of likely N-dealkylation sites (N-methyl/N-ethyl adjacent to an activating group) is 1. The van der Waals surface area contributed by atoms with Crippen LogP contribution in [0.15, 0.2) is 36.4 Å². The average Bonchev–Trinajstić information content (AvgIpc) is 3.40. The third kappa shape index (κ3) is 8.15. The zero-order chi connectivity index (χ0) is 31.3. The molecule has 2 aromatic carbocycles. The van der Waals surface area contributed by atoms with E-state index in [1.165, 1.54) is 0 Å². The largest absolute Gasteiger partial charge is 0.490 e. The van der Waals surface area contributed by atoms with Crippen molar-refractivity contribution in [3.05, 3.63) is 63.1 Å². The average molecular weight is 641 g/mol. The Labute approximate surface area is 255 Å². The minimum Gasteiger partial charge on any atom is -0.475 e. The highest BCUT2D eigenvalue weighted by Gasteiger charge is 2.38. The molecule has 0 atom stereocenters. The number of carboxylic acid groups (broad SMARTS) is 1. The van der Waals surface area contributed by atoms with Crippen molar-refractivity contribution in [2.75, 3.05) is 61.9 Å². The first-order valence-electron chi connectivity index (χ1n) is 13.2. The molecule has 230 valence electrons. The van der Waals surface area contributed by atoms with E-state index in [0.717, 1.165) is 56.0 Å². The number of fused-ring (bicyclic) bond motifs is 1. The minimum atomic E-state index is -5.08. The van der Waals surface area contributed by atoms with Gasteiger partial charge in [0.1, 0.15) is 0 Å². The van der Waals surface area contributed by atoms with Gasteiger partial charge in [-0.2, -0.15) is 28.1 Å². The summed E-state index contributed by atoms with van der Waals surface area (Å²) in [6.07, 6.45) is -4.29. The molecule has 1 fully saturated rings. The standard InChI is InChI=1S/C25H28Cl2N8O.C2HF3O2/c1-28-23-30-24(34-11-9-33(2)10-12-34)32-25(31-23)35-8-7-16-13-17(4-6-21(16)35)22(36)29-15-18-3-5-19(26)14-20(18)27;3-2(4,5)1(6)7/h3-6,13-14H,7-12,15H2,1-2H3,(H,29,36)(H,28,30,31,32);(H,6,7). The monoisotopic (exact) mass is 640 g/mol. The SMILES string of the molecule is CNc1nc(N2CCN(C)CC2)nc(N2CCc3cc(C(=O)NCc4ccc(Cl)cc4Cl)ccc32)n1.O=C(O)C(F)(F)F. The van der Waals surface area contributed by atoms with E-state index in [2.05, 4.69) is 42.3 Å². The first-order chi connectivity index (χ1) is 20.3. The van der Waals surface area contributed by atoms with E-state index in [4.69, 9.17) is 38.1 Å². The van der Waals surface area contributed by atoms with Gasteiger partial charge in [-0.25, -0.2) is 4.79 Å². The van der Waals surface area contributed by atoms with Crippen molar-refractivity contribution in [1.29, 1.82) is 0 Å². The van der Waals surface area contributed by atoms with Gasteiger partial charge in [0.15, 0.2) is 0 Å². The number of nitrogens with one attached hydrogen (secondary N) is 2. The molecule has 3 aromatic rings. The van der Waals surface area contributed by atoms with Crippen LogP contribution in [0.2, 0.25) is 10.0 Å². The third-order valence-corrected chi connectivity index (χ3v) is 7.38. The number of halogens is 5. The van der Waals surface area contributed by atoms with E-state index >= 15 is 0 Å². The number of alkyl halides is 3. The molecular weight excluding hydrogens is 612 g/mol. The number of carboxylic acids is 1. The Morgan fingerprint density at radius 1 is 0.977 bits per heavy atom. The summed E-state index contributed by atoms with van der Waals surface area (Å²) in [7, 11) is 3.94. The Bertz CT molecular complexity index is 1490. The first-order valence-corrected chi connectivity index (χ1v) is 13.9. The molecule has 0 aliphatic carbocycles. The summed E-state index contributed by atoms with van der Waals surface area (Å²) in [4.78, 5) is 42.4. The summed E-state index contributed by atoms with van der Waals surface area (Å²) in [6, 6.07) is 11.0. The molecule has 2 aliphatic rings. The van der Waals surface area contributed by atoms with Crippen LogP contribution in [0, 0.1) is 0 Å². The second-order valence-corrected chi connectivity index (χ2v) is 10.6. The lowest BCUT2D eigenvalue weighted by Gasteiger charge is -2.32. The highest BCUT2D eigenvalue weighted by molar-refractivity contribution is 6.35. The number of amides is 1. The Morgan fingerprint density at radius 3 is 2.28 bits per heavy atom. The number of anilines is 4. The smallest absolute Gasteiger partial charge is 0.475 e. The van der Waals surface area contributed by atoms with E-state index < -0.39 is 12.1 Å². The topological polar surface area (TPSA) is 127 Å². The molecule has 2 aliphatic heterocycles. The van der Waals surface area contributed by atoms with Crippen molar-refractivity contribution in [3.63, 3.8) is 0 Å². The molecule has 5 rings (SSSR count). The zero-order valence-electron chi connectivity index (χ0n) is 23.3. The van der Waals surface area contributed by atoms with E-state index in [0.29, 0.717) is 40.0 Å². The lowest BCUT2D eigenvalue weighted by molar-refractivity contribution is -0.192. The van der Waals surface area contributed by atoms with Crippen LogP contribution < -0.4 is 20.4 Å². The maximum absolute atomic E-state index is 12.8. The maximum atomic E-state index is 12.8. The van der Waals surface area contributed by atoms with Crippen molar-refractivity contribution >= 4 is 58.6 Å². The number of hydrogen-bond acceptors (Lipinski definition) is 9. The molecule has 1 aromatic heterocycles. The molecule has 3 N–H and O–H groups in total. The second kappa shape index (κ2) is 13.6. The van der Waals surface area contributed by atoms with Gasteiger partial charge >= 0.3 is 12.1 Å². The Balaban J connectivity index is 0.000000541. The lowest BCUT2D eigenvalue weighted by atomic mass is 10.1. The summed E-state index contributed by atoms with van der Waals surface area (Å²) in [6.45, 7) is 4.74. The van der Waals surface area contributed by atoms with Crippen LogP contribution in [0.4, 0.5) is 36.7 Å². The van der Waals surface area contributed by atoms with Crippen molar-refractivity contribution in [2.24, 2.45) is 0 Å². The molecule has 0 unspecified atom stereocenters. The predicted molar refractivity (Wildman–Crippen MR) is 158 cm³/mol. The number of carbonyl (C=O) groups is 2. The van der Waals surface area contributed by atoms with Crippen LogP contribution >= 0.6 is 23.2 Å². The van der Waals surface area contributed by atoms with Crippen LogP contribution in [0.3, 0.4) is 0 Å². The number of carbonyl (C=O) groups excluding carboxylic acids is 1. The fourth-order valence-corrected chi connectivity index (χ4v) is 4.90. The predicted octanol–water partition coefficient (Wildman–Crippen LogP) is 4.23. The molecule has 0 spiro atoms. The van der Waals surface area contributed by atoms with E-state index in [9.17, 15) is 18.0 Å². The van der Waals surface area contributed by atoms with Gasteiger partial charge in [-0.05, 0) is 54.9 Å². The maximum Gasteiger partial charge on any atom is 0.490 e. The normalized spacial score (nSPS) is 15.0. The van der Waals surface area contributed by atoms with E-state index in [1.54, 1.807) is 12.1 Å². The lowest BCUT2D eigenvalue weighted by Crippen LogP contribution is -2.45. The number of hydrogen-bond donors (Lipinski definition) is 3. The van der Waals surface area contributed by atoms with E-state index in [1.807, 2.05) is 31.3 Å². The number of benzene rings is 2. The molecule has 1 amide bonds. The summed E-state index contributed by atoms with van der Waals surface area (Å²) >= 11 is 12.2. The van der Waals surface area contributed by atoms with Crippen LogP contribution in [-0.2, 0) is 17.8 Å². The van der Waals surface area contributed by atoms with Gasteiger partial charge in [0.2, 0.25) is 17.8 Å². The zero-order valence-corrected chi connectivity index (χ0v) is 24.8. The third-order valence-electron chi connectivity index (χ3n) is 6.80. The summed E-state index contributed by atoms with van der Waals surface area (Å²) < 4.78 is 31.7. The van der Waals surface area contributed by atoms with Gasteiger partial charge in [-0.15, -0.1) is 0 Å². The highest BCUT2D eigenvalue weighted by Crippen LogP contribution is 2.34.